The highest BCUT2D eigenvalue weighted by Crippen LogP contribution is 2.44. The van der Waals surface area contributed by atoms with Crippen LogP contribution in [0, 0.1) is 0 Å². The van der Waals surface area contributed by atoms with E-state index < -0.39 is 11.4 Å². The molecule has 0 heterocycles. The molecule has 0 saturated heterocycles. The molecule has 3 aromatic carbocycles. The second-order valence-corrected chi connectivity index (χ2v) is 13.3. The predicted octanol–water partition coefficient (Wildman–Crippen LogP) is 10.6. The van der Waals surface area contributed by atoms with E-state index >= 15 is 0 Å². The van der Waals surface area contributed by atoms with E-state index in [0.29, 0.717) is 16.7 Å². The van der Waals surface area contributed by atoms with Crippen LogP contribution < -0.4 is 4.90 Å². The number of alkyl halides is 9. The number of hydrogen-bond acceptors (Lipinski definition) is 1. The van der Waals surface area contributed by atoms with Crippen molar-refractivity contribution >= 4 is 121 Å². The maximum atomic E-state index is 5.99. The molecule has 31 heavy (non-hydrogen) atoms. The van der Waals surface area contributed by atoms with Gasteiger partial charge in [-0.1, -0.05) is 141 Å². The third-order valence-corrected chi connectivity index (χ3v) is 6.32. The number of anilines is 3. The van der Waals surface area contributed by atoms with Crippen molar-refractivity contribution in [1.29, 1.82) is 0 Å². The molecule has 0 aliphatic rings. The number of nitrogens with zero attached hydrogens (tertiary/aromatic N) is 1. The van der Waals surface area contributed by atoms with Gasteiger partial charge in [0, 0.05) is 33.8 Å². The van der Waals surface area contributed by atoms with Gasteiger partial charge in [-0.05, 0) is 36.4 Å². The van der Waals surface area contributed by atoms with E-state index in [1.54, 1.807) is 36.4 Å². The Kier molecular flexibility index (Phi) is 8.07. The highest BCUT2D eigenvalue weighted by Gasteiger charge is 2.26. The largest absolute Gasteiger partial charge is 0.311 e. The van der Waals surface area contributed by atoms with Crippen LogP contribution in [-0.2, 0) is 11.4 Å². The molecule has 0 amide bonds. The van der Waals surface area contributed by atoms with Crippen molar-refractivity contribution in [2.75, 3.05) is 4.90 Å². The standard InChI is InChI=1S/C21H12Cl9N/c22-19(23,24)13-1-7-16(8-2-13)31(17-9-3-14(4-10-17)20(25,26)27)18-11-5-15(6-12-18)21(28,29)30/h1-12H. The van der Waals surface area contributed by atoms with Crippen molar-refractivity contribution in [3.05, 3.63) is 89.5 Å². The Balaban J connectivity index is 2.08. The molecule has 0 N–H and O–H groups in total. The summed E-state index contributed by atoms with van der Waals surface area (Å²) in [6.45, 7) is 0. The van der Waals surface area contributed by atoms with Crippen LogP contribution in [-0.4, -0.2) is 0 Å². The highest BCUT2D eigenvalue weighted by atomic mass is 35.6. The smallest absolute Gasteiger partial charge is 0.216 e. The molecular formula is C21H12Cl9N. The summed E-state index contributed by atoms with van der Waals surface area (Å²) >= 11 is 53.9. The second kappa shape index (κ2) is 9.74. The molecule has 0 spiro atoms. The molecule has 0 aromatic heterocycles. The summed E-state index contributed by atoms with van der Waals surface area (Å²) in [6.07, 6.45) is 0. The molecule has 0 radical (unpaired) electrons. The maximum absolute atomic E-state index is 5.99. The fourth-order valence-corrected chi connectivity index (χ4v) is 3.98. The Bertz CT molecular complexity index is 877. The van der Waals surface area contributed by atoms with Crippen LogP contribution in [0.3, 0.4) is 0 Å². The Morgan fingerprint density at radius 1 is 0.355 bits per heavy atom. The summed E-state index contributed by atoms with van der Waals surface area (Å²) in [5, 5.41) is 0. The van der Waals surface area contributed by atoms with Gasteiger partial charge < -0.3 is 4.90 Å². The van der Waals surface area contributed by atoms with Crippen molar-refractivity contribution in [1.82, 2.24) is 0 Å². The summed E-state index contributed by atoms with van der Waals surface area (Å²) in [4.78, 5) is 1.96. The first kappa shape index (κ1) is 25.7. The third kappa shape index (κ3) is 6.57. The molecule has 3 aromatic rings. The number of rotatable bonds is 3. The van der Waals surface area contributed by atoms with Crippen molar-refractivity contribution in [3.8, 4) is 0 Å². The molecule has 0 aliphatic carbocycles. The fraction of sp³-hybridized carbons (Fsp3) is 0.143. The van der Waals surface area contributed by atoms with Gasteiger partial charge in [0.1, 0.15) is 0 Å². The summed E-state index contributed by atoms with van der Waals surface area (Å²) in [6, 6.07) is 21.4. The molecule has 0 bridgehead atoms. The van der Waals surface area contributed by atoms with E-state index in [-0.39, 0.29) is 0 Å². The van der Waals surface area contributed by atoms with Crippen molar-refractivity contribution in [2.24, 2.45) is 0 Å². The zero-order valence-electron chi connectivity index (χ0n) is 15.3. The predicted molar refractivity (Wildman–Crippen MR) is 139 cm³/mol. The first-order valence-electron chi connectivity index (χ1n) is 8.59. The first-order valence-corrected chi connectivity index (χ1v) is 12.0. The van der Waals surface area contributed by atoms with Crippen molar-refractivity contribution in [3.63, 3.8) is 0 Å². The Morgan fingerprint density at radius 3 is 0.710 bits per heavy atom. The SMILES string of the molecule is ClC(Cl)(Cl)c1ccc(N(c2ccc(C(Cl)(Cl)Cl)cc2)c2ccc(C(Cl)(Cl)Cl)cc2)cc1. The van der Waals surface area contributed by atoms with Gasteiger partial charge >= 0.3 is 0 Å². The summed E-state index contributed by atoms with van der Waals surface area (Å²) in [5.74, 6) is 0. The lowest BCUT2D eigenvalue weighted by Crippen LogP contribution is -2.12. The summed E-state index contributed by atoms with van der Waals surface area (Å²) < 4.78 is -4.58. The van der Waals surface area contributed by atoms with Crippen LogP contribution in [0.2, 0.25) is 0 Å². The second-order valence-electron chi connectivity index (χ2n) is 6.47. The monoisotopic (exact) mass is 593 g/mol. The molecule has 164 valence electrons. The van der Waals surface area contributed by atoms with E-state index in [9.17, 15) is 0 Å². The Hall–Kier alpha value is 0.0700. The van der Waals surface area contributed by atoms with Gasteiger partial charge in [-0.25, -0.2) is 0 Å². The molecule has 0 unspecified atom stereocenters. The van der Waals surface area contributed by atoms with Crippen molar-refractivity contribution in [2.45, 2.75) is 11.4 Å². The van der Waals surface area contributed by atoms with Crippen LogP contribution in [0.1, 0.15) is 16.7 Å². The first-order chi connectivity index (χ1) is 14.3. The van der Waals surface area contributed by atoms with Gasteiger partial charge in [-0.15, -0.1) is 0 Å². The van der Waals surface area contributed by atoms with Gasteiger partial charge in [-0.2, -0.15) is 0 Å². The summed E-state index contributed by atoms with van der Waals surface area (Å²) in [5.41, 5.74) is 4.04. The molecular weight excluding hydrogens is 585 g/mol. The topological polar surface area (TPSA) is 3.24 Å². The maximum Gasteiger partial charge on any atom is 0.216 e. The third-order valence-electron chi connectivity index (χ3n) is 4.36. The van der Waals surface area contributed by atoms with E-state index in [2.05, 4.69) is 0 Å². The lowest BCUT2D eigenvalue weighted by Gasteiger charge is -2.27. The Morgan fingerprint density at radius 2 is 0.548 bits per heavy atom. The molecule has 0 fully saturated rings. The molecule has 0 aliphatic heterocycles. The van der Waals surface area contributed by atoms with Gasteiger partial charge in [-0.3, -0.25) is 0 Å². The Labute approximate surface area is 225 Å². The average Bonchev–Trinajstić information content (AvgIpc) is 2.67. The normalized spacial score (nSPS) is 12.7. The van der Waals surface area contributed by atoms with E-state index in [1.165, 1.54) is 0 Å². The highest BCUT2D eigenvalue weighted by molar-refractivity contribution is 6.67. The molecule has 3 rings (SSSR count). The molecule has 0 saturated carbocycles. The van der Waals surface area contributed by atoms with Gasteiger partial charge in [0.05, 0.1) is 0 Å². The summed E-state index contributed by atoms with van der Waals surface area (Å²) in [7, 11) is 0. The lowest BCUT2D eigenvalue weighted by molar-refractivity contribution is 1.19. The zero-order chi connectivity index (χ0) is 23.0. The van der Waals surface area contributed by atoms with Gasteiger partial charge in [0.15, 0.2) is 0 Å². The fourth-order valence-electron chi connectivity index (χ4n) is 2.85. The van der Waals surface area contributed by atoms with Crippen LogP contribution in [0.4, 0.5) is 17.1 Å². The van der Waals surface area contributed by atoms with Gasteiger partial charge in [0.25, 0.3) is 0 Å². The quantitative estimate of drug-likeness (QED) is 0.272. The minimum Gasteiger partial charge on any atom is -0.311 e. The average molecular weight is 597 g/mol. The van der Waals surface area contributed by atoms with Crippen LogP contribution in [0.25, 0.3) is 0 Å². The molecule has 1 nitrogen and oxygen atoms in total. The van der Waals surface area contributed by atoms with E-state index in [1.807, 2.05) is 41.3 Å². The number of benzene rings is 3. The minimum atomic E-state index is -1.53. The van der Waals surface area contributed by atoms with Gasteiger partial charge in [0.2, 0.25) is 11.4 Å². The number of hydrogen-bond donors (Lipinski definition) is 0. The zero-order valence-corrected chi connectivity index (χ0v) is 22.1. The van der Waals surface area contributed by atoms with E-state index in [4.69, 9.17) is 104 Å². The lowest BCUT2D eigenvalue weighted by atomic mass is 10.1. The van der Waals surface area contributed by atoms with Crippen LogP contribution in [0.15, 0.2) is 72.8 Å². The molecule has 0 atom stereocenters. The van der Waals surface area contributed by atoms with E-state index in [0.717, 1.165) is 17.1 Å². The van der Waals surface area contributed by atoms with Crippen LogP contribution in [0.5, 0.6) is 0 Å². The molecule has 10 heteroatoms. The number of halogens is 9. The van der Waals surface area contributed by atoms with Crippen LogP contribution >= 0.6 is 104 Å². The van der Waals surface area contributed by atoms with Crippen molar-refractivity contribution < 1.29 is 0 Å². The minimum absolute atomic E-state index is 0.541.